The highest BCUT2D eigenvalue weighted by atomic mass is 35.5. The van der Waals surface area contributed by atoms with Crippen LogP contribution in [0.1, 0.15) is 5.82 Å². The third-order valence-electron chi connectivity index (χ3n) is 3.49. The van der Waals surface area contributed by atoms with Crippen LogP contribution in [0.15, 0.2) is 47.6 Å². The molecule has 3 aromatic rings. The SMILES string of the molecule is Cc1nc(NCCNS(=O)(=O)c2ccc(F)c(Cl)c2)cc(-n2cccn2)n1. The van der Waals surface area contributed by atoms with Crippen LogP contribution in [0.2, 0.25) is 5.02 Å². The number of rotatable bonds is 7. The Morgan fingerprint density at radius 2 is 2.04 bits per heavy atom. The van der Waals surface area contributed by atoms with E-state index in [0.29, 0.717) is 17.5 Å². The summed E-state index contributed by atoms with van der Waals surface area (Å²) in [6.07, 6.45) is 3.40. The van der Waals surface area contributed by atoms with E-state index in [2.05, 4.69) is 25.1 Å². The summed E-state index contributed by atoms with van der Waals surface area (Å²) in [6, 6.07) is 6.71. The zero-order valence-electron chi connectivity index (χ0n) is 14.2. The van der Waals surface area contributed by atoms with Crippen molar-refractivity contribution in [3.63, 3.8) is 0 Å². The molecule has 0 fully saturated rings. The Balaban J connectivity index is 1.61. The minimum atomic E-state index is -3.79. The van der Waals surface area contributed by atoms with Crippen molar-refractivity contribution >= 4 is 27.4 Å². The van der Waals surface area contributed by atoms with Crippen molar-refractivity contribution in [3.8, 4) is 5.82 Å². The fraction of sp³-hybridized carbons (Fsp3) is 0.188. The smallest absolute Gasteiger partial charge is 0.240 e. The predicted octanol–water partition coefficient (Wildman–Crippen LogP) is 2.15. The number of hydrogen-bond donors (Lipinski definition) is 2. The molecule has 2 heterocycles. The van der Waals surface area contributed by atoms with Gasteiger partial charge in [0.25, 0.3) is 0 Å². The molecule has 8 nitrogen and oxygen atoms in total. The van der Waals surface area contributed by atoms with Gasteiger partial charge in [-0.15, -0.1) is 0 Å². The van der Waals surface area contributed by atoms with Gasteiger partial charge in [-0.3, -0.25) is 0 Å². The molecule has 1 aromatic carbocycles. The molecule has 0 saturated carbocycles. The number of benzene rings is 1. The standard InChI is InChI=1S/C16H16ClFN6O2S/c1-11-22-15(10-16(23-11)24-8-2-5-20-24)19-6-7-21-27(25,26)12-3-4-14(18)13(17)9-12/h2-5,8-10,21H,6-7H2,1H3,(H,19,22,23). The molecule has 3 rings (SSSR count). The van der Waals surface area contributed by atoms with E-state index in [1.165, 1.54) is 0 Å². The first-order chi connectivity index (χ1) is 12.8. The molecule has 0 aliphatic heterocycles. The molecule has 2 N–H and O–H groups in total. The molecule has 0 aliphatic rings. The van der Waals surface area contributed by atoms with Crippen molar-refractivity contribution in [2.45, 2.75) is 11.8 Å². The average molecular weight is 411 g/mol. The fourth-order valence-corrected chi connectivity index (χ4v) is 3.57. The maximum absolute atomic E-state index is 13.2. The second-order valence-corrected chi connectivity index (χ2v) is 7.68. The lowest BCUT2D eigenvalue weighted by Crippen LogP contribution is -2.29. The van der Waals surface area contributed by atoms with Gasteiger partial charge in [-0.05, 0) is 31.2 Å². The summed E-state index contributed by atoms with van der Waals surface area (Å²) in [5.41, 5.74) is 0. The molecule has 0 bridgehead atoms. The number of hydrogen-bond acceptors (Lipinski definition) is 6. The minimum absolute atomic E-state index is 0.0947. The van der Waals surface area contributed by atoms with Crippen molar-refractivity contribution in [1.82, 2.24) is 24.5 Å². The number of sulfonamides is 1. The maximum Gasteiger partial charge on any atom is 0.240 e. The van der Waals surface area contributed by atoms with Gasteiger partial charge in [0.2, 0.25) is 10.0 Å². The van der Waals surface area contributed by atoms with Gasteiger partial charge in [0.05, 0.1) is 9.92 Å². The van der Waals surface area contributed by atoms with Crippen LogP contribution in [0.4, 0.5) is 10.2 Å². The molecule has 27 heavy (non-hydrogen) atoms. The lowest BCUT2D eigenvalue weighted by molar-refractivity contribution is 0.582. The molecule has 0 saturated heterocycles. The van der Waals surface area contributed by atoms with Crippen molar-refractivity contribution in [2.75, 3.05) is 18.4 Å². The van der Waals surface area contributed by atoms with Gasteiger partial charge >= 0.3 is 0 Å². The molecule has 0 spiro atoms. The third-order valence-corrected chi connectivity index (χ3v) is 5.24. The summed E-state index contributed by atoms with van der Waals surface area (Å²) in [7, 11) is -3.79. The van der Waals surface area contributed by atoms with Crippen molar-refractivity contribution < 1.29 is 12.8 Å². The molecule has 0 aliphatic carbocycles. The van der Waals surface area contributed by atoms with Crippen LogP contribution in [0.5, 0.6) is 0 Å². The van der Waals surface area contributed by atoms with Crippen LogP contribution < -0.4 is 10.0 Å². The van der Waals surface area contributed by atoms with E-state index in [0.717, 1.165) is 18.2 Å². The van der Waals surface area contributed by atoms with Crippen LogP contribution in [0, 0.1) is 12.7 Å². The molecule has 2 aromatic heterocycles. The van der Waals surface area contributed by atoms with E-state index in [1.807, 2.05) is 0 Å². The van der Waals surface area contributed by atoms with E-state index in [9.17, 15) is 12.8 Å². The second-order valence-electron chi connectivity index (χ2n) is 5.51. The molecule has 11 heteroatoms. The highest BCUT2D eigenvalue weighted by Crippen LogP contribution is 2.19. The number of aryl methyl sites for hydroxylation is 1. The van der Waals surface area contributed by atoms with Crippen LogP contribution in [-0.2, 0) is 10.0 Å². The highest BCUT2D eigenvalue weighted by Gasteiger charge is 2.15. The number of nitrogens with one attached hydrogen (secondary N) is 2. The van der Waals surface area contributed by atoms with E-state index in [4.69, 9.17) is 11.6 Å². The van der Waals surface area contributed by atoms with E-state index in [-0.39, 0.29) is 23.0 Å². The first-order valence-corrected chi connectivity index (χ1v) is 9.75. The van der Waals surface area contributed by atoms with Crippen LogP contribution >= 0.6 is 11.6 Å². The Morgan fingerprint density at radius 3 is 2.74 bits per heavy atom. The normalized spacial score (nSPS) is 11.5. The topological polar surface area (TPSA) is 102 Å². The quantitative estimate of drug-likeness (QED) is 0.579. The highest BCUT2D eigenvalue weighted by molar-refractivity contribution is 7.89. The van der Waals surface area contributed by atoms with Crippen molar-refractivity contribution in [1.29, 1.82) is 0 Å². The van der Waals surface area contributed by atoms with Gasteiger partial charge < -0.3 is 5.32 Å². The molecule has 0 amide bonds. The van der Waals surface area contributed by atoms with Crippen LogP contribution in [0.25, 0.3) is 5.82 Å². The first kappa shape index (κ1) is 19.2. The van der Waals surface area contributed by atoms with E-state index >= 15 is 0 Å². The molecule has 0 radical (unpaired) electrons. The third kappa shape index (κ3) is 4.79. The molecular formula is C16H16ClFN6O2S. The van der Waals surface area contributed by atoms with E-state index < -0.39 is 15.8 Å². The summed E-state index contributed by atoms with van der Waals surface area (Å²) in [5.74, 6) is 1.00. The van der Waals surface area contributed by atoms with Crippen molar-refractivity contribution in [2.24, 2.45) is 0 Å². The van der Waals surface area contributed by atoms with Gasteiger partial charge in [-0.2, -0.15) is 5.10 Å². The average Bonchev–Trinajstić information content (AvgIpc) is 3.15. The van der Waals surface area contributed by atoms with Gasteiger partial charge in [0.15, 0.2) is 5.82 Å². The summed E-state index contributed by atoms with van der Waals surface area (Å²) >= 11 is 5.63. The van der Waals surface area contributed by atoms with Gasteiger partial charge in [0, 0.05) is 31.5 Å². The second kappa shape index (κ2) is 7.99. The number of anilines is 1. The van der Waals surface area contributed by atoms with E-state index in [1.54, 1.807) is 36.1 Å². The fourth-order valence-electron chi connectivity index (χ4n) is 2.27. The van der Waals surface area contributed by atoms with Gasteiger partial charge in [-0.1, -0.05) is 11.6 Å². The number of nitrogens with zero attached hydrogens (tertiary/aromatic N) is 4. The van der Waals surface area contributed by atoms with Crippen LogP contribution in [0.3, 0.4) is 0 Å². The Kier molecular flexibility index (Phi) is 5.68. The van der Waals surface area contributed by atoms with Gasteiger partial charge in [-0.25, -0.2) is 32.2 Å². The molecule has 0 atom stereocenters. The zero-order valence-corrected chi connectivity index (χ0v) is 15.8. The summed E-state index contributed by atoms with van der Waals surface area (Å²) in [5, 5.41) is 6.89. The van der Waals surface area contributed by atoms with Gasteiger partial charge in [0.1, 0.15) is 17.5 Å². The molecule has 0 unspecified atom stereocenters. The predicted molar refractivity (Wildman–Crippen MR) is 99.0 cm³/mol. The summed E-state index contributed by atoms with van der Waals surface area (Å²) in [4.78, 5) is 8.45. The molecule has 142 valence electrons. The minimum Gasteiger partial charge on any atom is -0.369 e. The maximum atomic E-state index is 13.2. The Morgan fingerprint density at radius 1 is 1.22 bits per heavy atom. The summed E-state index contributed by atoms with van der Waals surface area (Å²) in [6.45, 7) is 2.12. The monoisotopic (exact) mass is 410 g/mol. The van der Waals surface area contributed by atoms with Crippen molar-refractivity contribution in [3.05, 3.63) is 59.4 Å². The first-order valence-electron chi connectivity index (χ1n) is 7.89. The Bertz CT molecular complexity index is 1040. The number of aromatic nitrogens is 4. The molecular weight excluding hydrogens is 395 g/mol. The largest absolute Gasteiger partial charge is 0.369 e. The lowest BCUT2D eigenvalue weighted by Gasteiger charge is -2.10. The summed E-state index contributed by atoms with van der Waals surface area (Å²) < 4.78 is 41.6. The lowest BCUT2D eigenvalue weighted by atomic mass is 10.3. The Labute approximate surface area is 160 Å². The number of halogens is 2. The van der Waals surface area contributed by atoms with Crippen LogP contribution in [-0.4, -0.2) is 41.3 Å². The Hall–Kier alpha value is -2.56. The zero-order chi connectivity index (χ0) is 19.4.